The molecule has 1 atom stereocenters. The lowest BCUT2D eigenvalue weighted by atomic mass is 10.0. The van der Waals surface area contributed by atoms with Crippen LogP contribution in [0.1, 0.15) is 39.5 Å². The Balaban J connectivity index is 2.38. The first-order chi connectivity index (χ1) is 9.68. The lowest BCUT2D eigenvalue weighted by Crippen LogP contribution is -2.45. The zero-order valence-electron chi connectivity index (χ0n) is 12.7. The molecule has 1 aromatic carbocycles. The van der Waals surface area contributed by atoms with Gasteiger partial charge >= 0.3 is 5.97 Å². The maximum atomic E-state index is 11.1. The second-order valence-electron chi connectivity index (χ2n) is 6.20. The second-order valence-corrected chi connectivity index (χ2v) is 7.12. The topological polar surface area (TPSA) is 53.7 Å². The van der Waals surface area contributed by atoms with E-state index in [1.54, 1.807) is 0 Å². The maximum Gasteiger partial charge on any atom is 0.317 e. The van der Waals surface area contributed by atoms with Gasteiger partial charge in [0.2, 0.25) is 0 Å². The Morgan fingerprint density at radius 3 is 2.62 bits per heavy atom. The molecule has 2 aromatic rings. The van der Waals surface area contributed by atoms with E-state index in [-0.39, 0.29) is 18.1 Å². The molecule has 114 valence electrons. The van der Waals surface area contributed by atoms with Crippen LogP contribution in [0.5, 0.6) is 0 Å². The van der Waals surface area contributed by atoms with E-state index in [4.69, 9.17) is 9.52 Å². The molecule has 0 aliphatic rings. The highest BCUT2D eigenvalue weighted by Crippen LogP contribution is 2.32. The van der Waals surface area contributed by atoms with E-state index in [1.165, 1.54) is 0 Å². The second kappa shape index (κ2) is 5.81. The summed E-state index contributed by atoms with van der Waals surface area (Å²) in [4.78, 5) is 13.0. The van der Waals surface area contributed by atoms with Crippen LogP contribution < -0.4 is 0 Å². The van der Waals surface area contributed by atoms with Gasteiger partial charge in [-0.3, -0.25) is 9.69 Å². The van der Waals surface area contributed by atoms with E-state index in [0.717, 1.165) is 21.2 Å². The number of fused-ring (bicyclic) bond motifs is 1. The Kier molecular flexibility index (Phi) is 4.44. The molecule has 2 rings (SSSR count). The number of carbonyl (C=O) groups is 1. The van der Waals surface area contributed by atoms with Gasteiger partial charge in [0.15, 0.2) is 0 Å². The van der Waals surface area contributed by atoms with Gasteiger partial charge in [-0.25, -0.2) is 0 Å². The van der Waals surface area contributed by atoms with Gasteiger partial charge in [-0.05, 0) is 52.0 Å². The van der Waals surface area contributed by atoms with Crippen LogP contribution in [0.15, 0.2) is 33.2 Å². The van der Waals surface area contributed by atoms with Crippen LogP contribution in [-0.2, 0) is 4.79 Å². The van der Waals surface area contributed by atoms with Crippen LogP contribution in [0, 0.1) is 0 Å². The molecule has 1 N–H and O–H groups in total. The molecule has 1 heterocycles. The summed E-state index contributed by atoms with van der Waals surface area (Å²) >= 11 is 3.44. The van der Waals surface area contributed by atoms with Crippen molar-refractivity contribution in [3.63, 3.8) is 0 Å². The first-order valence-corrected chi connectivity index (χ1v) is 7.65. The fraction of sp³-hybridized carbons (Fsp3) is 0.438. The number of carboxylic acid groups (broad SMARTS) is 1. The zero-order valence-corrected chi connectivity index (χ0v) is 14.3. The van der Waals surface area contributed by atoms with Gasteiger partial charge in [-0.2, -0.15) is 0 Å². The van der Waals surface area contributed by atoms with Gasteiger partial charge in [0.25, 0.3) is 0 Å². The molecule has 0 amide bonds. The number of benzene rings is 1. The lowest BCUT2D eigenvalue weighted by molar-refractivity contribution is -0.140. The molecule has 0 aliphatic carbocycles. The summed E-state index contributed by atoms with van der Waals surface area (Å²) in [6.45, 7) is 7.97. The Labute approximate surface area is 132 Å². The van der Waals surface area contributed by atoms with Crippen LogP contribution in [0.25, 0.3) is 11.0 Å². The zero-order chi connectivity index (χ0) is 15.8. The van der Waals surface area contributed by atoms with Crippen molar-refractivity contribution in [1.82, 2.24) is 4.90 Å². The molecule has 21 heavy (non-hydrogen) atoms. The number of carboxylic acids is 1. The third-order valence-electron chi connectivity index (χ3n) is 3.54. The first-order valence-electron chi connectivity index (χ1n) is 6.86. The highest BCUT2D eigenvalue weighted by Gasteiger charge is 2.30. The molecule has 0 saturated heterocycles. The fourth-order valence-electron chi connectivity index (χ4n) is 2.49. The number of halogens is 1. The minimum absolute atomic E-state index is 0.0224. The molecular weight excluding hydrogens is 334 g/mol. The van der Waals surface area contributed by atoms with Crippen molar-refractivity contribution in [2.75, 3.05) is 6.54 Å². The minimum atomic E-state index is -0.837. The molecule has 1 unspecified atom stereocenters. The average Bonchev–Trinajstić information content (AvgIpc) is 2.76. The van der Waals surface area contributed by atoms with Gasteiger partial charge in [0, 0.05) is 15.4 Å². The maximum absolute atomic E-state index is 11.1. The van der Waals surface area contributed by atoms with Crippen LogP contribution >= 0.6 is 15.9 Å². The van der Waals surface area contributed by atoms with Crippen molar-refractivity contribution in [1.29, 1.82) is 0 Å². The van der Waals surface area contributed by atoms with E-state index < -0.39 is 5.97 Å². The largest absolute Gasteiger partial charge is 0.480 e. The highest BCUT2D eigenvalue weighted by atomic mass is 79.9. The number of rotatable bonds is 4. The number of hydrogen-bond donors (Lipinski definition) is 1. The van der Waals surface area contributed by atoms with Crippen LogP contribution in [0.4, 0.5) is 0 Å². The van der Waals surface area contributed by atoms with E-state index in [2.05, 4.69) is 15.9 Å². The fourth-order valence-corrected chi connectivity index (χ4v) is 2.87. The molecule has 0 saturated carbocycles. The van der Waals surface area contributed by atoms with Gasteiger partial charge < -0.3 is 9.52 Å². The SMILES string of the molecule is CC(c1cc2cc(Br)ccc2o1)N(CC(=O)O)C(C)(C)C. The van der Waals surface area contributed by atoms with E-state index in [0.29, 0.717) is 0 Å². The highest BCUT2D eigenvalue weighted by molar-refractivity contribution is 9.10. The molecule has 0 spiro atoms. The third kappa shape index (κ3) is 3.66. The van der Waals surface area contributed by atoms with Gasteiger partial charge in [-0.1, -0.05) is 15.9 Å². The number of furan rings is 1. The summed E-state index contributed by atoms with van der Waals surface area (Å²) in [6, 6.07) is 7.69. The summed E-state index contributed by atoms with van der Waals surface area (Å²) in [6.07, 6.45) is 0. The number of aliphatic carboxylic acids is 1. The summed E-state index contributed by atoms with van der Waals surface area (Å²) in [5, 5.41) is 10.2. The van der Waals surface area contributed by atoms with E-state index >= 15 is 0 Å². The lowest BCUT2D eigenvalue weighted by Gasteiger charge is -2.38. The van der Waals surface area contributed by atoms with Crippen molar-refractivity contribution < 1.29 is 14.3 Å². The van der Waals surface area contributed by atoms with Gasteiger partial charge in [0.05, 0.1) is 12.6 Å². The Morgan fingerprint density at radius 1 is 1.38 bits per heavy atom. The summed E-state index contributed by atoms with van der Waals surface area (Å²) < 4.78 is 6.88. The molecule has 5 heteroatoms. The van der Waals surface area contributed by atoms with Crippen molar-refractivity contribution in [2.45, 2.75) is 39.3 Å². The van der Waals surface area contributed by atoms with Crippen LogP contribution in [-0.4, -0.2) is 28.1 Å². The smallest absolute Gasteiger partial charge is 0.317 e. The summed E-state index contributed by atoms with van der Waals surface area (Å²) in [5.41, 5.74) is 0.543. The number of nitrogens with zero attached hydrogens (tertiary/aromatic N) is 1. The molecule has 0 bridgehead atoms. The summed E-state index contributed by atoms with van der Waals surface area (Å²) in [7, 11) is 0. The van der Waals surface area contributed by atoms with Crippen molar-refractivity contribution in [3.8, 4) is 0 Å². The first kappa shape index (κ1) is 16.0. The summed E-state index contributed by atoms with van der Waals surface area (Å²) in [5.74, 6) is -0.0603. The van der Waals surface area contributed by atoms with E-state index in [9.17, 15) is 4.79 Å². The standard InChI is InChI=1S/C16H20BrNO3/c1-10(18(9-15(19)20)16(2,3)4)14-8-11-7-12(17)5-6-13(11)21-14/h5-8,10H,9H2,1-4H3,(H,19,20). The monoisotopic (exact) mass is 353 g/mol. The molecular formula is C16H20BrNO3. The molecule has 0 fully saturated rings. The van der Waals surface area contributed by atoms with Gasteiger partial charge in [0.1, 0.15) is 11.3 Å². The average molecular weight is 354 g/mol. The van der Waals surface area contributed by atoms with Crippen molar-refractivity contribution in [2.24, 2.45) is 0 Å². The molecule has 0 aliphatic heterocycles. The molecule has 1 aromatic heterocycles. The van der Waals surface area contributed by atoms with E-state index in [1.807, 2.05) is 56.9 Å². The third-order valence-corrected chi connectivity index (χ3v) is 4.04. The molecule has 4 nitrogen and oxygen atoms in total. The van der Waals surface area contributed by atoms with Crippen molar-refractivity contribution >= 4 is 32.9 Å². The Morgan fingerprint density at radius 2 is 2.05 bits per heavy atom. The normalized spacial score (nSPS) is 13.8. The quantitative estimate of drug-likeness (QED) is 0.882. The Bertz CT molecular complexity index is 657. The number of hydrogen-bond acceptors (Lipinski definition) is 3. The minimum Gasteiger partial charge on any atom is -0.480 e. The van der Waals surface area contributed by atoms with Crippen LogP contribution in [0.2, 0.25) is 0 Å². The predicted octanol–water partition coefficient (Wildman–Crippen LogP) is 4.44. The predicted molar refractivity (Wildman–Crippen MR) is 86.4 cm³/mol. The molecule has 0 radical (unpaired) electrons. The Hall–Kier alpha value is -1.33. The van der Waals surface area contributed by atoms with Crippen molar-refractivity contribution in [3.05, 3.63) is 34.5 Å². The van der Waals surface area contributed by atoms with Crippen LogP contribution in [0.3, 0.4) is 0 Å². The van der Waals surface area contributed by atoms with Gasteiger partial charge in [-0.15, -0.1) is 0 Å².